The highest BCUT2D eigenvalue weighted by molar-refractivity contribution is 5.78. The number of rotatable bonds is 6. The number of likely N-dealkylation sites (tertiary alicyclic amines) is 1. The summed E-state index contributed by atoms with van der Waals surface area (Å²) in [5.74, 6) is -0.255. The minimum atomic E-state index is -0.267. The molecule has 0 aliphatic carbocycles. The van der Waals surface area contributed by atoms with Crippen LogP contribution in [-0.4, -0.2) is 37.0 Å². The second-order valence-corrected chi connectivity index (χ2v) is 5.76. The van der Waals surface area contributed by atoms with E-state index in [0.717, 1.165) is 25.1 Å². The fourth-order valence-electron chi connectivity index (χ4n) is 2.74. The predicted molar refractivity (Wildman–Crippen MR) is 82.6 cm³/mol. The number of halogens is 1. The van der Waals surface area contributed by atoms with Crippen molar-refractivity contribution in [3.63, 3.8) is 0 Å². The molecular weight excluding hydrogens is 267 g/mol. The van der Waals surface area contributed by atoms with Gasteiger partial charge in [0.2, 0.25) is 5.91 Å². The molecule has 116 valence electrons. The van der Waals surface area contributed by atoms with E-state index < -0.39 is 0 Å². The minimum Gasteiger partial charge on any atom is -0.356 e. The molecule has 0 atom stereocenters. The summed E-state index contributed by atoms with van der Waals surface area (Å²) in [5, 5.41) is 2.94. The molecule has 0 bridgehead atoms. The van der Waals surface area contributed by atoms with Gasteiger partial charge in [-0.05, 0) is 56.6 Å². The lowest BCUT2D eigenvalue weighted by Gasteiger charge is -2.19. The van der Waals surface area contributed by atoms with E-state index in [1.807, 2.05) is 0 Å². The van der Waals surface area contributed by atoms with E-state index in [4.69, 9.17) is 0 Å². The number of amides is 1. The van der Waals surface area contributed by atoms with Crippen LogP contribution in [0, 0.1) is 5.82 Å². The van der Waals surface area contributed by atoms with Crippen molar-refractivity contribution >= 4 is 5.91 Å². The Morgan fingerprint density at radius 3 is 2.43 bits per heavy atom. The molecule has 2 rings (SSSR count). The van der Waals surface area contributed by atoms with Crippen LogP contribution < -0.4 is 5.32 Å². The number of nitrogens with zero attached hydrogens (tertiary/aromatic N) is 1. The quantitative estimate of drug-likeness (QED) is 0.818. The molecule has 0 radical (unpaired) electrons. The van der Waals surface area contributed by atoms with Crippen LogP contribution in [0.2, 0.25) is 0 Å². The van der Waals surface area contributed by atoms with Crippen molar-refractivity contribution in [1.82, 2.24) is 10.2 Å². The molecule has 21 heavy (non-hydrogen) atoms. The van der Waals surface area contributed by atoms with Crippen LogP contribution in [0.4, 0.5) is 4.39 Å². The van der Waals surface area contributed by atoms with Crippen LogP contribution in [-0.2, 0) is 11.2 Å². The summed E-state index contributed by atoms with van der Waals surface area (Å²) in [6, 6.07) is 6.10. The van der Waals surface area contributed by atoms with Crippen LogP contribution in [0.25, 0.3) is 0 Å². The Morgan fingerprint density at radius 1 is 1.10 bits per heavy atom. The van der Waals surface area contributed by atoms with Crippen molar-refractivity contribution in [3.05, 3.63) is 35.6 Å². The number of nitrogens with one attached hydrogen (secondary N) is 1. The van der Waals surface area contributed by atoms with Crippen LogP contribution >= 0.6 is 0 Å². The fraction of sp³-hybridized carbons (Fsp3) is 0.588. The third-order valence-corrected chi connectivity index (χ3v) is 3.95. The van der Waals surface area contributed by atoms with Crippen molar-refractivity contribution in [2.45, 2.75) is 38.5 Å². The largest absolute Gasteiger partial charge is 0.356 e. The zero-order valence-corrected chi connectivity index (χ0v) is 12.6. The van der Waals surface area contributed by atoms with E-state index in [-0.39, 0.29) is 11.7 Å². The maximum atomic E-state index is 12.8. The first-order valence-electron chi connectivity index (χ1n) is 7.97. The van der Waals surface area contributed by atoms with Crippen molar-refractivity contribution < 1.29 is 9.18 Å². The average molecular weight is 292 g/mol. The van der Waals surface area contributed by atoms with Gasteiger partial charge in [-0.15, -0.1) is 0 Å². The third-order valence-electron chi connectivity index (χ3n) is 3.95. The normalized spacial score (nSPS) is 16.4. The maximum Gasteiger partial charge on any atom is 0.224 e. The Kier molecular flexibility index (Phi) is 6.67. The fourth-order valence-corrected chi connectivity index (χ4v) is 2.74. The molecule has 1 aliphatic heterocycles. The Balaban J connectivity index is 1.59. The molecule has 1 saturated heterocycles. The summed E-state index contributed by atoms with van der Waals surface area (Å²) in [6.07, 6.45) is 6.63. The van der Waals surface area contributed by atoms with Crippen molar-refractivity contribution in [2.75, 3.05) is 26.2 Å². The number of hydrogen-bond acceptors (Lipinski definition) is 2. The van der Waals surface area contributed by atoms with Crippen molar-refractivity contribution in [1.29, 1.82) is 0 Å². The molecule has 1 N–H and O–H groups in total. The van der Waals surface area contributed by atoms with E-state index in [0.29, 0.717) is 6.42 Å². The lowest BCUT2D eigenvalue weighted by molar-refractivity contribution is -0.120. The monoisotopic (exact) mass is 292 g/mol. The highest BCUT2D eigenvalue weighted by Gasteiger charge is 2.08. The zero-order valence-electron chi connectivity index (χ0n) is 12.6. The topological polar surface area (TPSA) is 32.3 Å². The minimum absolute atomic E-state index is 0.0116. The molecule has 1 amide bonds. The lowest BCUT2D eigenvalue weighted by Crippen LogP contribution is -2.31. The first-order chi connectivity index (χ1) is 10.2. The van der Waals surface area contributed by atoms with Gasteiger partial charge in [-0.2, -0.15) is 0 Å². The van der Waals surface area contributed by atoms with Gasteiger partial charge in [-0.3, -0.25) is 4.79 Å². The Bertz CT molecular complexity index is 425. The molecule has 0 unspecified atom stereocenters. The molecule has 0 spiro atoms. The second-order valence-electron chi connectivity index (χ2n) is 5.76. The van der Waals surface area contributed by atoms with E-state index >= 15 is 0 Å². The Hall–Kier alpha value is -1.42. The van der Waals surface area contributed by atoms with E-state index in [1.165, 1.54) is 50.9 Å². The van der Waals surface area contributed by atoms with Crippen LogP contribution in [0.5, 0.6) is 0 Å². The van der Waals surface area contributed by atoms with E-state index in [2.05, 4.69) is 10.2 Å². The lowest BCUT2D eigenvalue weighted by atomic mass is 10.1. The van der Waals surface area contributed by atoms with Gasteiger partial charge in [0.15, 0.2) is 0 Å². The number of carbonyl (C=O) groups excluding carboxylic acids is 1. The van der Waals surface area contributed by atoms with Crippen LogP contribution in [0.1, 0.15) is 37.7 Å². The highest BCUT2D eigenvalue weighted by Crippen LogP contribution is 2.09. The van der Waals surface area contributed by atoms with E-state index in [9.17, 15) is 9.18 Å². The Labute approximate surface area is 126 Å². The molecule has 4 heteroatoms. The number of hydrogen-bond donors (Lipinski definition) is 1. The molecule has 1 heterocycles. The molecule has 3 nitrogen and oxygen atoms in total. The van der Waals surface area contributed by atoms with Gasteiger partial charge in [0.05, 0.1) is 6.42 Å². The summed E-state index contributed by atoms with van der Waals surface area (Å²) in [6.45, 7) is 4.18. The summed E-state index contributed by atoms with van der Waals surface area (Å²) in [5.41, 5.74) is 0.849. The molecule has 0 aromatic heterocycles. The predicted octanol–water partition coefficient (Wildman–Crippen LogP) is 2.75. The summed E-state index contributed by atoms with van der Waals surface area (Å²) >= 11 is 0. The summed E-state index contributed by atoms with van der Waals surface area (Å²) in [4.78, 5) is 14.3. The van der Waals surface area contributed by atoms with Crippen LogP contribution in [0.3, 0.4) is 0 Å². The number of carbonyl (C=O) groups is 1. The van der Waals surface area contributed by atoms with Gasteiger partial charge in [0, 0.05) is 6.54 Å². The molecular formula is C17H25FN2O. The first kappa shape index (κ1) is 16.0. The summed E-state index contributed by atoms with van der Waals surface area (Å²) < 4.78 is 12.8. The Morgan fingerprint density at radius 2 is 1.76 bits per heavy atom. The highest BCUT2D eigenvalue weighted by atomic mass is 19.1. The molecule has 1 fully saturated rings. The van der Waals surface area contributed by atoms with Crippen molar-refractivity contribution in [3.8, 4) is 0 Å². The SMILES string of the molecule is O=C(Cc1ccc(F)cc1)NCCCN1CCCCCC1. The smallest absolute Gasteiger partial charge is 0.224 e. The molecule has 1 aromatic rings. The molecule has 0 saturated carbocycles. The first-order valence-corrected chi connectivity index (χ1v) is 7.97. The van der Waals surface area contributed by atoms with Gasteiger partial charge in [-0.1, -0.05) is 25.0 Å². The zero-order chi connectivity index (χ0) is 14.9. The van der Waals surface area contributed by atoms with Crippen molar-refractivity contribution in [2.24, 2.45) is 0 Å². The third kappa shape index (κ3) is 6.25. The van der Waals surface area contributed by atoms with Gasteiger partial charge in [-0.25, -0.2) is 4.39 Å². The van der Waals surface area contributed by atoms with Gasteiger partial charge in [0.25, 0.3) is 0 Å². The summed E-state index contributed by atoms with van der Waals surface area (Å²) in [7, 11) is 0. The van der Waals surface area contributed by atoms with Gasteiger partial charge >= 0.3 is 0 Å². The van der Waals surface area contributed by atoms with E-state index in [1.54, 1.807) is 12.1 Å². The molecule has 1 aliphatic rings. The van der Waals surface area contributed by atoms with Gasteiger partial charge in [0.1, 0.15) is 5.82 Å². The maximum absolute atomic E-state index is 12.8. The van der Waals surface area contributed by atoms with Crippen LogP contribution in [0.15, 0.2) is 24.3 Å². The second kappa shape index (κ2) is 8.78. The average Bonchev–Trinajstić information content (AvgIpc) is 2.75. The molecule has 1 aromatic carbocycles. The van der Waals surface area contributed by atoms with Gasteiger partial charge < -0.3 is 10.2 Å². The standard InChI is InChI=1S/C17H25FN2O/c18-16-8-6-15(7-9-16)14-17(21)19-10-5-13-20-11-3-1-2-4-12-20/h6-9H,1-5,10-14H2,(H,19,21). The number of benzene rings is 1.